The van der Waals surface area contributed by atoms with Gasteiger partial charge in [0.05, 0.1) is 17.6 Å². The van der Waals surface area contributed by atoms with E-state index >= 15 is 0 Å². The highest BCUT2D eigenvalue weighted by molar-refractivity contribution is 7.92. The fourth-order valence-electron chi connectivity index (χ4n) is 3.40. The lowest BCUT2D eigenvalue weighted by molar-refractivity contribution is -0.116. The Morgan fingerprint density at radius 3 is 2.13 bits per heavy atom. The first-order chi connectivity index (χ1) is 14.6. The number of anilines is 2. The Labute approximate surface area is 183 Å². The van der Waals surface area contributed by atoms with E-state index in [0.29, 0.717) is 22.9 Å². The molecule has 0 aromatic heterocycles. The fraction of sp³-hybridized carbons (Fsp3) is 0.208. The maximum Gasteiger partial charge on any atom is 0.248 e. The van der Waals surface area contributed by atoms with Gasteiger partial charge in [0, 0.05) is 0 Å². The molecule has 0 radical (unpaired) electrons. The third kappa shape index (κ3) is 5.64. The molecule has 1 N–H and O–H groups in total. The van der Waals surface area contributed by atoms with E-state index in [4.69, 9.17) is 4.74 Å². The van der Waals surface area contributed by atoms with E-state index < -0.39 is 22.0 Å². The number of aryl methyl sites for hydroxylation is 2. The van der Waals surface area contributed by atoms with Crippen molar-refractivity contribution in [1.29, 1.82) is 0 Å². The zero-order chi connectivity index (χ0) is 22.6. The summed E-state index contributed by atoms with van der Waals surface area (Å²) in [5, 5.41) is 2.81. The second-order valence-corrected chi connectivity index (χ2v) is 9.34. The number of para-hydroxylation sites is 3. The second kappa shape index (κ2) is 9.22. The average Bonchev–Trinajstić information content (AvgIpc) is 2.68. The molecule has 0 heterocycles. The molecule has 3 aromatic rings. The van der Waals surface area contributed by atoms with Crippen LogP contribution in [0.25, 0.3) is 0 Å². The van der Waals surface area contributed by atoms with Crippen molar-refractivity contribution in [3.63, 3.8) is 0 Å². The van der Waals surface area contributed by atoms with E-state index in [1.54, 1.807) is 43.3 Å². The Hall–Kier alpha value is -3.32. The number of sulfonamides is 1. The first-order valence-electron chi connectivity index (χ1n) is 9.85. The van der Waals surface area contributed by atoms with E-state index in [0.717, 1.165) is 21.7 Å². The zero-order valence-corrected chi connectivity index (χ0v) is 18.8. The number of nitrogens with zero attached hydrogens (tertiary/aromatic N) is 1. The van der Waals surface area contributed by atoms with Crippen LogP contribution in [0.1, 0.15) is 18.1 Å². The molecule has 0 fully saturated rings. The van der Waals surface area contributed by atoms with Gasteiger partial charge in [-0.05, 0) is 68.3 Å². The van der Waals surface area contributed by atoms with Crippen LogP contribution in [0, 0.1) is 13.8 Å². The molecule has 1 unspecified atom stereocenters. The van der Waals surface area contributed by atoms with Crippen LogP contribution < -0.4 is 14.4 Å². The van der Waals surface area contributed by atoms with Gasteiger partial charge in [0.2, 0.25) is 15.9 Å². The monoisotopic (exact) mass is 438 g/mol. The standard InChI is InChI=1S/C24H26N2O4S/c1-17-14-18(2)16-20(15-17)26(31(4,28)29)19(3)24(27)25-22-12-8-9-13-23(22)30-21-10-6-5-7-11-21/h5-16,19H,1-4H3,(H,25,27). The molecule has 0 saturated heterocycles. The molecule has 162 valence electrons. The molecular weight excluding hydrogens is 412 g/mol. The Kier molecular flexibility index (Phi) is 6.65. The highest BCUT2D eigenvalue weighted by Gasteiger charge is 2.30. The van der Waals surface area contributed by atoms with E-state index in [2.05, 4.69) is 5.32 Å². The molecule has 3 rings (SSSR count). The normalized spacial score (nSPS) is 12.1. The van der Waals surface area contributed by atoms with Crippen molar-refractivity contribution in [3.05, 3.63) is 83.9 Å². The van der Waals surface area contributed by atoms with Crippen LogP contribution >= 0.6 is 0 Å². The van der Waals surface area contributed by atoms with Gasteiger partial charge >= 0.3 is 0 Å². The third-order valence-corrected chi connectivity index (χ3v) is 5.91. The minimum absolute atomic E-state index is 0.455. The van der Waals surface area contributed by atoms with Crippen molar-refractivity contribution in [3.8, 4) is 11.5 Å². The smallest absolute Gasteiger partial charge is 0.248 e. The van der Waals surface area contributed by atoms with E-state index in [1.165, 1.54) is 0 Å². The van der Waals surface area contributed by atoms with Crippen LogP contribution in [-0.4, -0.2) is 26.6 Å². The quantitative estimate of drug-likeness (QED) is 0.570. The van der Waals surface area contributed by atoms with Gasteiger partial charge in [0.25, 0.3) is 0 Å². The second-order valence-electron chi connectivity index (χ2n) is 7.48. The van der Waals surface area contributed by atoms with Gasteiger partial charge in [0.1, 0.15) is 11.8 Å². The largest absolute Gasteiger partial charge is 0.455 e. The first kappa shape index (κ1) is 22.4. The minimum atomic E-state index is -3.71. The lowest BCUT2D eigenvalue weighted by Crippen LogP contribution is -2.45. The van der Waals surface area contributed by atoms with Crippen LogP contribution in [0.4, 0.5) is 11.4 Å². The molecule has 1 atom stereocenters. The number of hydrogen-bond donors (Lipinski definition) is 1. The van der Waals surface area contributed by atoms with Crippen molar-refractivity contribution in [2.45, 2.75) is 26.8 Å². The van der Waals surface area contributed by atoms with Gasteiger partial charge in [-0.3, -0.25) is 9.10 Å². The number of benzene rings is 3. The van der Waals surface area contributed by atoms with Gasteiger partial charge < -0.3 is 10.1 Å². The van der Waals surface area contributed by atoms with E-state index in [9.17, 15) is 13.2 Å². The van der Waals surface area contributed by atoms with Gasteiger partial charge in [0.15, 0.2) is 5.75 Å². The topological polar surface area (TPSA) is 75.7 Å². The number of rotatable bonds is 7. The molecule has 0 aliphatic heterocycles. The van der Waals surface area contributed by atoms with Crippen molar-refractivity contribution in [2.75, 3.05) is 15.9 Å². The van der Waals surface area contributed by atoms with E-state index in [1.807, 2.05) is 50.2 Å². The highest BCUT2D eigenvalue weighted by atomic mass is 32.2. The fourth-order valence-corrected chi connectivity index (χ4v) is 4.56. The average molecular weight is 439 g/mol. The molecule has 0 aliphatic carbocycles. The SMILES string of the molecule is Cc1cc(C)cc(N(C(C)C(=O)Nc2ccccc2Oc2ccccc2)S(C)(=O)=O)c1. The summed E-state index contributed by atoms with van der Waals surface area (Å²) < 4.78 is 32.2. The van der Waals surface area contributed by atoms with Crippen molar-refractivity contribution >= 4 is 27.3 Å². The van der Waals surface area contributed by atoms with E-state index in [-0.39, 0.29) is 0 Å². The number of nitrogens with one attached hydrogen (secondary N) is 1. The molecule has 7 heteroatoms. The molecule has 3 aromatic carbocycles. The molecule has 0 spiro atoms. The molecule has 0 bridgehead atoms. The van der Waals surface area contributed by atoms with Crippen LogP contribution in [0.2, 0.25) is 0 Å². The zero-order valence-electron chi connectivity index (χ0n) is 18.0. The number of amides is 1. The number of carbonyl (C=O) groups is 1. The van der Waals surface area contributed by atoms with Gasteiger partial charge in [-0.2, -0.15) is 0 Å². The third-order valence-electron chi connectivity index (χ3n) is 4.67. The van der Waals surface area contributed by atoms with Gasteiger partial charge in [-0.15, -0.1) is 0 Å². The summed E-state index contributed by atoms with van der Waals surface area (Å²) in [4.78, 5) is 13.1. The summed E-state index contributed by atoms with van der Waals surface area (Å²) in [5.74, 6) is 0.630. The minimum Gasteiger partial charge on any atom is -0.455 e. The van der Waals surface area contributed by atoms with Crippen LogP contribution in [0.3, 0.4) is 0 Å². The van der Waals surface area contributed by atoms with Crippen molar-refractivity contribution in [2.24, 2.45) is 0 Å². The van der Waals surface area contributed by atoms with Crippen molar-refractivity contribution in [1.82, 2.24) is 0 Å². The Balaban J connectivity index is 1.88. The molecule has 1 amide bonds. The Morgan fingerprint density at radius 1 is 0.935 bits per heavy atom. The summed E-state index contributed by atoms with van der Waals surface area (Å²) in [7, 11) is -3.71. The summed E-state index contributed by atoms with van der Waals surface area (Å²) in [6, 6.07) is 20.7. The van der Waals surface area contributed by atoms with Crippen LogP contribution in [0.15, 0.2) is 72.8 Å². The van der Waals surface area contributed by atoms with Crippen LogP contribution in [-0.2, 0) is 14.8 Å². The summed E-state index contributed by atoms with van der Waals surface area (Å²) in [6.45, 7) is 5.34. The maximum absolute atomic E-state index is 13.1. The molecule has 6 nitrogen and oxygen atoms in total. The van der Waals surface area contributed by atoms with Crippen LogP contribution in [0.5, 0.6) is 11.5 Å². The maximum atomic E-state index is 13.1. The number of hydrogen-bond acceptors (Lipinski definition) is 4. The Bertz CT molecular complexity index is 1160. The molecule has 0 aliphatic rings. The molecule has 0 saturated carbocycles. The molecule has 31 heavy (non-hydrogen) atoms. The van der Waals surface area contributed by atoms with Gasteiger partial charge in [-0.25, -0.2) is 8.42 Å². The predicted octanol–water partition coefficient (Wildman–Crippen LogP) is 4.89. The Morgan fingerprint density at radius 2 is 1.52 bits per heavy atom. The lowest BCUT2D eigenvalue weighted by atomic mass is 10.1. The number of carbonyl (C=O) groups excluding carboxylic acids is 1. The molecular formula is C24H26N2O4S. The summed E-state index contributed by atoms with van der Waals surface area (Å²) >= 11 is 0. The predicted molar refractivity (Wildman–Crippen MR) is 124 cm³/mol. The number of ether oxygens (including phenoxy) is 1. The highest BCUT2D eigenvalue weighted by Crippen LogP contribution is 2.30. The summed E-state index contributed by atoms with van der Waals surface area (Å²) in [5.41, 5.74) is 2.74. The first-order valence-corrected chi connectivity index (χ1v) is 11.7. The van der Waals surface area contributed by atoms with Gasteiger partial charge in [-0.1, -0.05) is 36.4 Å². The summed E-state index contributed by atoms with van der Waals surface area (Å²) in [6.07, 6.45) is 1.10. The lowest BCUT2D eigenvalue weighted by Gasteiger charge is -2.29. The van der Waals surface area contributed by atoms with Crippen molar-refractivity contribution < 1.29 is 17.9 Å².